The zero-order valence-corrected chi connectivity index (χ0v) is 11.7. The fourth-order valence-corrected chi connectivity index (χ4v) is 3.30. The lowest BCUT2D eigenvalue weighted by atomic mass is 9.94. The van der Waals surface area contributed by atoms with Gasteiger partial charge >= 0.3 is 0 Å². The minimum absolute atomic E-state index is 0.0658. The van der Waals surface area contributed by atoms with E-state index in [1.54, 1.807) is 0 Å². The van der Waals surface area contributed by atoms with E-state index in [0.29, 0.717) is 0 Å². The minimum atomic E-state index is -0.0658. The fourth-order valence-electron chi connectivity index (χ4n) is 2.98. The average molecular weight is 268 g/mol. The Balaban J connectivity index is 2.26. The molecule has 3 nitrogen and oxygen atoms in total. The summed E-state index contributed by atoms with van der Waals surface area (Å²) in [7, 11) is 0. The van der Waals surface area contributed by atoms with Crippen molar-refractivity contribution in [3.05, 3.63) is 21.7 Å². The zero-order chi connectivity index (χ0) is 13.0. The predicted molar refractivity (Wildman–Crippen MR) is 71.6 cm³/mol. The van der Waals surface area contributed by atoms with Gasteiger partial charge in [-0.25, -0.2) is 0 Å². The molecule has 2 N–H and O–H groups in total. The van der Waals surface area contributed by atoms with Gasteiger partial charge in [-0.1, -0.05) is 11.6 Å². The van der Waals surface area contributed by atoms with E-state index in [9.17, 15) is 0 Å². The highest BCUT2D eigenvalue weighted by molar-refractivity contribution is 6.33. The second kappa shape index (κ2) is 4.04. The van der Waals surface area contributed by atoms with Crippen molar-refractivity contribution < 1.29 is 9.47 Å². The van der Waals surface area contributed by atoms with Crippen molar-refractivity contribution in [3.8, 4) is 11.5 Å². The van der Waals surface area contributed by atoms with Crippen LogP contribution >= 0.6 is 11.6 Å². The van der Waals surface area contributed by atoms with E-state index in [1.807, 2.05) is 6.92 Å². The normalized spacial score (nSPS) is 26.3. The Labute approximate surface area is 112 Å². The maximum absolute atomic E-state index is 6.46. The standard InChI is InChI=1S/C14H18ClNO2/c1-6-4-9-11(8(3)16)13-10(5-7(2)17-13)12(15)14(9)18-6/h6-8H,4-5,16H2,1-3H3. The lowest BCUT2D eigenvalue weighted by molar-refractivity contribution is 0.251. The molecule has 0 bridgehead atoms. The first-order valence-electron chi connectivity index (χ1n) is 6.45. The second-order valence-electron chi connectivity index (χ2n) is 5.40. The molecular formula is C14H18ClNO2. The van der Waals surface area contributed by atoms with Crippen LogP contribution in [0.1, 0.15) is 43.5 Å². The third-order valence-corrected chi connectivity index (χ3v) is 4.06. The number of ether oxygens (including phenoxy) is 2. The largest absolute Gasteiger partial charge is 0.490 e. The van der Waals surface area contributed by atoms with Gasteiger partial charge in [-0.15, -0.1) is 0 Å². The summed E-state index contributed by atoms with van der Waals surface area (Å²) in [5.74, 6) is 1.73. The third-order valence-electron chi connectivity index (χ3n) is 3.66. The molecule has 3 rings (SSSR count). The van der Waals surface area contributed by atoms with Crippen molar-refractivity contribution in [3.63, 3.8) is 0 Å². The minimum Gasteiger partial charge on any atom is -0.490 e. The summed E-state index contributed by atoms with van der Waals surface area (Å²) >= 11 is 6.46. The van der Waals surface area contributed by atoms with Crippen molar-refractivity contribution in [2.24, 2.45) is 5.73 Å². The van der Waals surface area contributed by atoms with Crippen LogP contribution in [0, 0.1) is 0 Å². The molecular weight excluding hydrogens is 250 g/mol. The van der Waals surface area contributed by atoms with Gasteiger partial charge in [0, 0.05) is 35.6 Å². The molecule has 1 aromatic rings. The molecule has 0 saturated heterocycles. The molecule has 0 amide bonds. The van der Waals surface area contributed by atoms with Gasteiger partial charge < -0.3 is 15.2 Å². The van der Waals surface area contributed by atoms with Crippen LogP contribution in [-0.2, 0) is 12.8 Å². The molecule has 0 radical (unpaired) electrons. The van der Waals surface area contributed by atoms with E-state index in [4.69, 9.17) is 26.8 Å². The average Bonchev–Trinajstić information content (AvgIpc) is 2.81. The van der Waals surface area contributed by atoms with Gasteiger partial charge in [0.2, 0.25) is 0 Å². The van der Waals surface area contributed by atoms with Crippen molar-refractivity contribution in [1.29, 1.82) is 0 Å². The molecule has 98 valence electrons. The number of rotatable bonds is 1. The van der Waals surface area contributed by atoms with Crippen LogP contribution in [0.4, 0.5) is 0 Å². The molecule has 0 aliphatic carbocycles. The Hall–Kier alpha value is -0.930. The lowest BCUT2D eigenvalue weighted by Gasteiger charge is -2.17. The summed E-state index contributed by atoms with van der Waals surface area (Å²) in [5, 5.41) is 0.720. The number of hydrogen-bond acceptors (Lipinski definition) is 3. The number of nitrogens with two attached hydrogens (primary N) is 1. The summed E-state index contributed by atoms with van der Waals surface area (Å²) in [6.45, 7) is 6.09. The Morgan fingerprint density at radius 1 is 1.11 bits per heavy atom. The molecule has 2 aliphatic rings. The Morgan fingerprint density at radius 3 is 2.28 bits per heavy atom. The highest BCUT2D eigenvalue weighted by atomic mass is 35.5. The number of fused-ring (bicyclic) bond motifs is 2. The summed E-state index contributed by atoms with van der Waals surface area (Å²) in [4.78, 5) is 0. The zero-order valence-electron chi connectivity index (χ0n) is 10.9. The SMILES string of the molecule is CC1Cc2c(c(Cl)c3c(c2C(C)N)OC(C)C3)O1. The molecule has 0 aromatic heterocycles. The van der Waals surface area contributed by atoms with Crippen LogP contribution < -0.4 is 15.2 Å². The van der Waals surface area contributed by atoms with Gasteiger partial charge in [-0.3, -0.25) is 0 Å². The Bertz CT molecular complexity index is 474. The Kier molecular flexibility index (Phi) is 2.72. The Morgan fingerprint density at radius 2 is 1.67 bits per heavy atom. The van der Waals surface area contributed by atoms with E-state index >= 15 is 0 Å². The summed E-state index contributed by atoms with van der Waals surface area (Å²) in [6.07, 6.45) is 2.01. The number of halogens is 1. The lowest BCUT2D eigenvalue weighted by Crippen LogP contribution is -2.12. The first-order chi connectivity index (χ1) is 8.49. The molecule has 2 aliphatic heterocycles. The molecule has 18 heavy (non-hydrogen) atoms. The van der Waals surface area contributed by atoms with Crippen LogP contribution in [0.3, 0.4) is 0 Å². The van der Waals surface area contributed by atoms with Crippen molar-refractivity contribution >= 4 is 11.6 Å². The van der Waals surface area contributed by atoms with E-state index in [-0.39, 0.29) is 18.2 Å². The molecule has 4 heteroatoms. The van der Waals surface area contributed by atoms with Crippen LogP contribution in [0.25, 0.3) is 0 Å². The topological polar surface area (TPSA) is 44.5 Å². The number of hydrogen-bond donors (Lipinski definition) is 1. The van der Waals surface area contributed by atoms with Gasteiger partial charge in [-0.05, 0) is 20.8 Å². The monoisotopic (exact) mass is 267 g/mol. The number of benzene rings is 1. The van der Waals surface area contributed by atoms with Crippen molar-refractivity contribution in [1.82, 2.24) is 0 Å². The molecule has 2 heterocycles. The highest BCUT2D eigenvalue weighted by Gasteiger charge is 2.35. The van der Waals surface area contributed by atoms with Gasteiger partial charge in [0.15, 0.2) is 0 Å². The predicted octanol–water partition coefficient (Wildman–Crippen LogP) is 3.01. The molecule has 3 atom stereocenters. The van der Waals surface area contributed by atoms with Gasteiger partial charge in [0.1, 0.15) is 23.7 Å². The molecule has 0 fully saturated rings. The van der Waals surface area contributed by atoms with Crippen LogP contribution in [-0.4, -0.2) is 12.2 Å². The van der Waals surface area contributed by atoms with Crippen LogP contribution in [0.5, 0.6) is 11.5 Å². The van der Waals surface area contributed by atoms with Crippen LogP contribution in [0.2, 0.25) is 5.02 Å². The summed E-state index contributed by atoms with van der Waals surface area (Å²) in [6, 6.07) is -0.0658. The summed E-state index contributed by atoms with van der Waals surface area (Å²) < 4.78 is 11.8. The van der Waals surface area contributed by atoms with E-state index < -0.39 is 0 Å². The molecule has 0 spiro atoms. The molecule has 3 unspecified atom stereocenters. The second-order valence-corrected chi connectivity index (χ2v) is 5.77. The van der Waals surface area contributed by atoms with Gasteiger partial charge in [0.05, 0.1) is 5.02 Å². The van der Waals surface area contributed by atoms with E-state index in [2.05, 4.69) is 13.8 Å². The fraction of sp³-hybridized carbons (Fsp3) is 0.571. The maximum Gasteiger partial charge on any atom is 0.142 e. The maximum atomic E-state index is 6.46. The first-order valence-corrected chi connectivity index (χ1v) is 6.82. The van der Waals surface area contributed by atoms with Gasteiger partial charge in [0.25, 0.3) is 0 Å². The van der Waals surface area contributed by atoms with Crippen molar-refractivity contribution in [2.45, 2.75) is 51.9 Å². The molecule has 1 aromatic carbocycles. The van der Waals surface area contributed by atoms with Gasteiger partial charge in [-0.2, -0.15) is 0 Å². The van der Waals surface area contributed by atoms with Crippen LogP contribution in [0.15, 0.2) is 0 Å². The smallest absolute Gasteiger partial charge is 0.142 e. The molecule has 0 saturated carbocycles. The first kappa shape index (κ1) is 12.1. The van der Waals surface area contributed by atoms with E-state index in [0.717, 1.165) is 46.1 Å². The van der Waals surface area contributed by atoms with E-state index in [1.165, 1.54) is 0 Å². The highest BCUT2D eigenvalue weighted by Crippen LogP contribution is 2.50. The summed E-state index contributed by atoms with van der Waals surface area (Å²) in [5.41, 5.74) is 9.40. The third kappa shape index (κ3) is 1.61. The quantitative estimate of drug-likeness (QED) is 0.851. The van der Waals surface area contributed by atoms with Crippen molar-refractivity contribution in [2.75, 3.05) is 0 Å².